The van der Waals surface area contributed by atoms with Crippen molar-refractivity contribution in [3.63, 3.8) is 0 Å². The molecule has 82 valence electrons. The van der Waals surface area contributed by atoms with Crippen molar-refractivity contribution in [1.82, 2.24) is 0 Å². The van der Waals surface area contributed by atoms with Crippen molar-refractivity contribution < 1.29 is 0 Å². The van der Waals surface area contributed by atoms with Gasteiger partial charge in [0.2, 0.25) is 0 Å². The molecule has 0 aliphatic heterocycles. The second-order valence-corrected chi connectivity index (χ2v) is 4.60. The molecule has 0 aromatic heterocycles. The molecule has 1 rings (SSSR count). The van der Waals surface area contributed by atoms with Crippen LogP contribution < -0.4 is 5.32 Å². The third kappa shape index (κ3) is 3.32. The maximum Gasteiger partial charge on any atom is 0.163 e. The summed E-state index contributed by atoms with van der Waals surface area (Å²) in [6.07, 6.45) is 0. The van der Waals surface area contributed by atoms with Crippen LogP contribution in [0.1, 0.15) is 0 Å². The molecule has 0 atom stereocenters. The molecule has 17 heavy (non-hydrogen) atoms. The Morgan fingerprint density at radius 3 is 2.18 bits per heavy atom. The molecule has 0 heterocycles. The fourth-order valence-corrected chi connectivity index (χ4v) is 2.15. The van der Waals surface area contributed by atoms with Gasteiger partial charge in [-0.25, -0.2) is 0 Å². The first-order valence-electron chi connectivity index (χ1n) is 4.29. The Labute approximate surface area is 115 Å². The highest BCUT2D eigenvalue weighted by Gasteiger charge is 2.08. The molecule has 0 unspecified atom stereocenters. The number of allylic oxidation sites excluding steroid dienone is 2. The van der Waals surface area contributed by atoms with E-state index in [1.165, 1.54) is 0 Å². The number of halogens is 2. The van der Waals surface area contributed by atoms with Gasteiger partial charge in [0.15, 0.2) is 5.57 Å². The predicted molar refractivity (Wildman–Crippen MR) is 69.3 cm³/mol. The van der Waals surface area contributed by atoms with E-state index in [0.29, 0.717) is 5.69 Å². The summed E-state index contributed by atoms with van der Waals surface area (Å²) in [5.74, 6) is 0. The van der Waals surface area contributed by atoms with Crippen LogP contribution >= 0.6 is 31.9 Å². The number of nitrogens with zero attached hydrogens (tertiary/aromatic N) is 3. The Hall–Kier alpha value is -1.81. The van der Waals surface area contributed by atoms with Gasteiger partial charge >= 0.3 is 0 Å². The first kappa shape index (κ1) is 13.3. The Morgan fingerprint density at radius 1 is 1.06 bits per heavy atom. The summed E-state index contributed by atoms with van der Waals surface area (Å²) in [6.45, 7) is 0. The minimum absolute atomic E-state index is 0.0713. The standard InChI is InChI=1S/C11H4Br2N4/c12-8-1-2-10(9(13)3-8)17-11(6-16)7(4-14)5-15/h1-3,17H. The van der Waals surface area contributed by atoms with Crippen LogP contribution in [0, 0.1) is 34.0 Å². The van der Waals surface area contributed by atoms with E-state index in [-0.39, 0.29) is 11.3 Å². The number of nitrogens with one attached hydrogen (secondary N) is 1. The van der Waals surface area contributed by atoms with Crippen LogP contribution in [0.2, 0.25) is 0 Å². The molecule has 0 saturated carbocycles. The quantitative estimate of drug-likeness (QED) is 0.827. The van der Waals surface area contributed by atoms with E-state index in [1.807, 2.05) is 0 Å². The fourth-order valence-electron chi connectivity index (χ4n) is 1.01. The zero-order chi connectivity index (χ0) is 12.8. The van der Waals surface area contributed by atoms with Crippen LogP contribution in [0.5, 0.6) is 0 Å². The first-order valence-corrected chi connectivity index (χ1v) is 5.87. The lowest BCUT2D eigenvalue weighted by Gasteiger charge is -2.07. The maximum atomic E-state index is 8.87. The molecule has 0 saturated heterocycles. The molecule has 6 heteroatoms. The van der Waals surface area contributed by atoms with Crippen LogP contribution in [0.3, 0.4) is 0 Å². The topological polar surface area (TPSA) is 83.4 Å². The number of nitriles is 3. The summed E-state index contributed by atoms with van der Waals surface area (Å²) in [6, 6.07) is 10.4. The molecule has 1 aromatic carbocycles. The lowest BCUT2D eigenvalue weighted by Crippen LogP contribution is -2.01. The summed E-state index contributed by atoms with van der Waals surface area (Å²) in [5.41, 5.74) is 0.285. The second-order valence-electron chi connectivity index (χ2n) is 2.83. The van der Waals surface area contributed by atoms with E-state index >= 15 is 0 Å². The molecule has 0 amide bonds. The minimum atomic E-state index is -0.248. The summed E-state index contributed by atoms with van der Waals surface area (Å²) in [5, 5.41) is 29.0. The van der Waals surface area contributed by atoms with E-state index in [0.717, 1.165) is 8.95 Å². The summed E-state index contributed by atoms with van der Waals surface area (Å²) < 4.78 is 1.59. The number of hydrogen-bond donors (Lipinski definition) is 1. The highest BCUT2D eigenvalue weighted by atomic mass is 79.9. The van der Waals surface area contributed by atoms with E-state index in [1.54, 1.807) is 36.4 Å². The summed E-state index contributed by atoms with van der Waals surface area (Å²) in [7, 11) is 0. The molecular weight excluding hydrogens is 348 g/mol. The van der Waals surface area contributed by atoms with Crippen molar-refractivity contribution in [1.29, 1.82) is 15.8 Å². The van der Waals surface area contributed by atoms with Gasteiger partial charge in [-0.1, -0.05) is 15.9 Å². The maximum absolute atomic E-state index is 8.87. The zero-order valence-corrected chi connectivity index (χ0v) is 11.5. The molecule has 0 fully saturated rings. The van der Waals surface area contributed by atoms with Crippen LogP contribution in [-0.2, 0) is 0 Å². The van der Waals surface area contributed by atoms with Crippen molar-refractivity contribution in [2.24, 2.45) is 0 Å². The smallest absolute Gasteiger partial charge is 0.163 e. The van der Waals surface area contributed by atoms with Gasteiger partial charge in [0.25, 0.3) is 0 Å². The van der Waals surface area contributed by atoms with E-state index in [2.05, 4.69) is 37.2 Å². The van der Waals surface area contributed by atoms with Gasteiger partial charge in [-0.2, -0.15) is 15.8 Å². The normalized spacial score (nSPS) is 8.41. The van der Waals surface area contributed by atoms with Crippen molar-refractivity contribution in [3.8, 4) is 18.2 Å². The number of benzene rings is 1. The molecule has 1 N–H and O–H groups in total. The first-order chi connectivity index (χ1) is 8.12. The molecule has 1 aromatic rings. The Morgan fingerprint density at radius 2 is 1.71 bits per heavy atom. The van der Waals surface area contributed by atoms with Crippen molar-refractivity contribution >= 4 is 37.5 Å². The van der Waals surface area contributed by atoms with E-state index < -0.39 is 0 Å². The Kier molecular flexibility index (Phi) is 4.72. The minimum Gasteiger partial charge on any atom is -0.344 e. The highest BCUT2D eigenvalue weighted by molar-refractivity contribution is 9.11. The molecular formula is C11H4Br2N4. The summed E-state index contributed by atoms with van der Waals surface area (Å²) >= 11 is 6.60. The van der Waals surface area contributed by atoms with Gasteiger partial charge < -0.3 is 5.32 Å². The van der Waals surface area contributed by atoms with Crippen LogP contribution in [-0.4, -0.2) is 0 Å². The monoisotopic (exact) mass is 350 g/mol. The van der Waals surface area contributed by atoms with Gasteiger partial charge in [0.1, 0.15) is 23.9 Å². The van der Waals surface area contributed by atoms with E-state index in [4.69, 9.17) is 15.8 Å². The predicted octanol–water partition coefficient (Wildman–Crippen LogP) is 3.45. The molecule has 0 aliphatic rings. The summed E-state index contributed by atoms with van der Waals surface area (Å²) in [4.78, 5) is 0. The van der Waals surface area contributed by atoms with Gasteiger partial charge in [-0.15, -0.1) is 0 Å². The molecule has 0 aliphatic carbocycles. The van der Waals surface area contributed by atoms with Crippen LogP contribution in [0.25, 0.3) is 0 Å². The zero-order valence-electron chi connectivity index (χ0n) is 8.33. The van der Waals surface area contributed by atoms with Gasteiger partial charge in [0, 0.05) is 8.95 Å². The third-order valence-electron chi connectivity index (χ3n) is 1.78. The van der Waals surface area contributed by atoms with Crippen molar-refractivity contribution in [2.45, 2.75) is 0 Å². The van der Waals surface area contributed by atoms with Gasteiger partial charge in [-0.05, 0) is 34.1 Å². The molecule has 0 radical (unpaired) electrons. The number of anilines is 1. The number of rotatable bonds is 2. The second kappa shape index (κ2) is 6.06. The SMILES string of the molecule is N#CC(C#N)=C(C#N)Nc1ccc(Br)cc1Br. The van der Waals surface area contributed by atoms with E-state index in [9.17, 15) is 0 Å². The van der Waals surface area contributed by atoms with Crippen LogP contribution in [0.15, 0.2) is 38.4 Å². The molecule has 4 nitrogen and oxygen atoms in total. The fraction of sp³-hybridized carbons (Fsp3) is 0. The van der Waals surface area contributed by atoms with Crippen molar-refractivity contribution in [2.75, 3.05) is 5.32 Å². The van der Waals surface area contributed by atoms with Crippen LogP contribution in [0.4, 0.5) is 5.69 Å². The lowest BCUT2D eigenvalue weighted by atomic mass is 10.2. The van der Waals surface area contributed by atoms with Crippen molar-refractivity contribution in [3.05, 3.63) is 38.4 Å². The number of hydrogen-bond acceptors (Lipinski definition) is 4. The van der Waals surface area contributed by atoms with Gasteiger partial charge in [-0.3, -0.25) is 0 Å². The average molecular weight is 352 g/mol. The Bertz CT molecular complexity index is 583. The van der Waals surface area contributed by atoms with Gasteiger partial charge in [0.05, 0.1) is 5.69 Å². The average Bonchev–Trinajstić information content (AvgIpc) is 2.32. The molecule has 0 bridgehead atoms. The highest BCUT2D eigenvalue weighted by Crippen LogP contribution is 2.27. The third-order valence-corrected chi connectivity index (χ3v) is 2.93. The lowest BCUT2D eigenvalue weighted by molar-refractivity contribution is 1.36. The largest absolute Gasteiger partial charge is 0.344 e. The molecule has 0 spiro atoms. The Balaban J connectivity index is 3.16.